The SMILES string of the molecule is Cc1ccc(C(=O)N2CCc3nc(NC(=O)c4cccs4)sc3C2)cc1C. The summed E-state index contributed by atoms with van der Waals surface area (Å²) in [5.41, 5.74) is 4.00. The van der Waals surface area contributed by atoms with Gasteiger partial charge in [-0.05, 0) is 48.6 Å². The Morgan fingerprint density at radius 1 is 1.19 bits per heavy atom. The zero-order valence-electron chi connectivity index (χ0n) is 15.1. The molecule has 7 heteroatoms. The number of amides is 2. The lowest BCUT2D eigenvalue weighted by molar-refractivity contribution is 0.0736. The van der Waals surface area contributed by atoms with Crippen molar-refractivity contribution in [2.45, 2.75) is 26.8 Å². The molecule has 5 nitrogen and oxygen atoms in total. The molecule has 0 fully saturated rings. The molecule has 3 aromatic rings. The van der Waals surface area contributed by atoms with Crippen LogP contribution in [-0.2, 0) is 13.0 Å². The van der Waals surface area contributed by atoms with E-state index in [2.05, 4.69) is 10.3 Å². The first kappa shape index (κ1) is 17.9. The zero-order chi connectivity index (χ0) is 19.0. The van der Waals surface area contributed by atoms with Gasteiger partial charge in [0.15, 0.2) is 5.13 Å². The van der Waals surface area contributed by atoms with Crippen molar-refractivity contribution >= 4 is 39.6 Å². The molecule has 0 spiro atoms. The van der Waals surface area contributed by atoms with Crippen LogP contribution in [0.1, 0.15) is 41.7 Å². The molecule has 1 aromatic carbocycles. The average Bonchev–Trinajstić information content (AvgIpc) is 3.32. The van der Waals surface area contributed by atoms with Crippen molar-refractivity contribution in [3.05, 3.63) is 67.9 Å². The van der Waals surface area contributed by atoms with E-state index in [1.54, 1.807) is 6.07 Å². The van der Waals surface area contributed by atoms with Gasteiger partial charge >= 0.3 is 0 Å². The minimum absolute atomic E-state index is 0.0429. The van der Waals surface area contributed by atoms with E-state index < -0.39 is 0 Å². The second-order valence-electron chi connectivity index (χ2n) is 6.60. The van der Waals surface area contributed by atoms with Gasteiger partial charge in [-0.1, -0.05) is 23.5 Å². The number of benzene rings is 1. The number of carbonyl (C=O) groups excluding carboxylic acids is 2. The maximum Gasteiger partial charge on any atom is 0.267 e. The fraction of sp³-hybridized carbons (Fsp3) is 0.250. The Kier molecular flexibility index (Phi) is 4.80. The highest BCUT2D eigenvalue weighted by molar-refractivity contribution is 7.16. The Bertz CT molecular complexity index is 1010. The van der Waals surface area contributed by atoms with Crippen LogP contribution in [0.2, 0.25) is 0 Å². The summed E-state index contributed by atoms with van der Waals surface area (Å²) in [4.78, 5) is 33.2. The van der Waals surface area contributed by atoms with Gasteiger partial charge < -0.3 is 4.90 Å². The van der Waals surface area contributed by atoms with Crippen molar-refractivity contribution in [3.8, 4) is 0 Å². The Hall–Kier alpha value is -2.51. The predicted molar refractivity (Wildman–Crippen MR) is 109 cm³/mol. The van der Waals surface area contributed by atoms with E-state index in [0.29, 0.717) is 29.5 Å². The average molecular weight is 398 g/mol. The molecule has 138 valence electrons. The molecule has 0 saturated carbocycles. The van der Waals surface area contributed by atoms with Crippen molar-refractivity contribution in [1.82, 2.24) is 9.88 Å². The third kappa shape index (κ3) is 3.65. The van der Waals surface area contributed by atoms with Gasteiger partial charge in [-0.3, -0.25) is 14.9 Å². The summed E-state index contributed by atoms with van der Waals surface area (Å²) in [6.45, 7) is 5.24. The Labute approximate surface area is 165 Å². The molecule has 3 heterocycles. The highest BCUT2D eigenvalue weighted by atomic mass is 32.1. The van der Waals surface area contributed by atoms with Crippen LogP contribution in [0.25, 0.3) is 0 Å². The molecule has 2 amide bonds. The number of aromatic nitrogens is 1. The smallest absolute Gasteiger partial charge is 0.267 e. The van der Waals surface area contributed by atoms with E-state index in [4.69, 9.17) is 0 Å². The molecule has 1 aliphatic rings. The maximum absolute atomic E-state index is 12.9. The van der Waals surface area contributed by atoms with Gasteiger partial charge in [-0.2, -0.15) is 0 Å². The van der Waals surface area contributed by atoms with E-state index in [-0.39, 0.29) is 11.8 Å². The van der Waals surface area contributed by atoms with Gasteiger partial charge in [0.1, 0.15) is 0 Å². The third-order valence-corrected chi connectivity index (χ3v) is 6.60. The third-order valence-electron chi connectivity index (χ3n) is 4.74. The van der Waals surface area contributed by atoms with Gasteiger partial charge in [0.05, 0.1) is 17.1 Å². The number of hydrogen-bond donors (Lipinski definition) is 1. The summed E-state index contributed by atoms with van der Waals surface area (Å²) < 4.78 is 0. The summed E-state index contributed by atoms with van der Waals surface area (Å²) >= 11 is 2.85. The van der Waals surface area contributed by atoms with E-state index in [9.17, 15) is 9.59 Å². The Morgan fingerprint density at radius 3 is 2.78 bits per heavy atom. The summed E-state index contributed by atoms with van der Waals surface area (Å²) in [7, 11) is 0. The molecule has 27 heavy (non-hydrogen) atoms. The molecule has 0 atom stereocenters. The number of anilines is 1. The molecule has 0 aliphatic carbocycles. The molecule has 1 aliphatic heterocycles. The normalized spacial score (nSPS) is 13.3. The summed E-state index contributed by atoms with van der Waals surface area (Å²) in [5, 5.41) is 5.34. The molecule has 0 radical (unpaired) electrons. The van der Waals surface area contributed by atoms with E-state index in [1.165, 1.54) is 28.2 Å². The van der Waals surface area contributed by atoms with Crippen molar-refractivity contribution in [3.63, 3.8) is 0 Å². The molecular formula is C20H19N3O2S2. The van der Waals surface area contributed by atoms with E-state index in [0.717, 1.165) is 21.7 Å². The van der Waals surface area contributed by atoms with Crippen LogP contribution in [0.4, 0.5) is 5.13 Å². The maximum atomic E-state index is 12.9. The minimum atomic E-state index is -0.140. The van der Waals surface area contributed by atoms with Crippen molar-refractivity contribution < 1.29 is 9.59 Å². The molecular weight excluding hydrogens is 378 g/mol. The van der Waals surface area contributed by atoms with Crippen LogP contribution in [0.5, 0.6) is 0 Å². The van der Waals surface area contributed by atoms with Gasteiger partial charge in [0.2, 0.25) is 0 Å². The number of carbonyl (C=O) groups is 2. The fourth-order valence-electron chi connectivity index (χ4n) is 3.05. The van der Waals surface area contributed by atoms with Crippen LogP contribution < -0.4 is 5.32 Å². The van der Waals surface area contributed by atoms with Gasteiger partial charge in [-0.15, -0.1) is 11.3 Å². The van der Waals surface area contributed by atoms with Crippen molar-refractivity contribution in [1.29, 1.82) is 0 Å². The first-order chi connectivity index (χ1) is 13.0. The number of thiazole rings is 1. The second-order valence-corrected chi connectivity index (χ2v) is 8.63. The number of hydrogen-bond acceptors (Lipinski definition) is 5. The van der Waals surface area contributed by atoms with Crippen LogP contribution in [0.15, 0.2) is 35.7 Å². The molecule has 0 unspecified atom stereocenters. The monoisotopic (exact) mass is 397 g/mol. The number of aryl methyl sites for hydroxylation is 2. The van der Waals surface area contributed by atoms with Gasteiger partial charge in [0, 0.05) is 23.4 Å². The van der Waals surface area contributed by atoms with Crippen LogP contribution >= 0.6 is 22.7 Å². The van der Waals surface area contributed by atoms with Crippen LogP contribution in [0.3, 0.4) is 0 Å². The molecule has 0 saturated heterocycles. The number of thiophene rings is 1. The van der Waals surface area contributed by atoms with Gasteiger partial charge in [0.25, 0.3) is 11.8 Å². The quantitative estimate of drug-likeness (QED) is 0.718. The summed E-state index contributed by atoms with van der Waals surface area (Å²) in [5.74, 6) is -0.0968. The number of nitrogens with one attached hydrogen (secondary N) is 1. The lowest BCUT2D eigenvalue weighted by atomic mass is 10.0. The Morgan fingerprint density at radius 2 is 2.04 bits per heavy atom. The minimum Gasteiger partial charge on any atom is -0.333 e. The Balaban J connectivity index is 1.48. The number of nitrogens with zero attached hydrogens (tertiary/aromatic N) is 2. The zero-order valence-corrected chi connectivity index (χ0v) is 16.7. The predicted octanol–water partition coefficient (Wildman–Crippen LogP) is 4.27. The molecule has 0 bridgehead atoms. The molecule has 1 N–H and O–H groups in total. The van der Waals surface area contributed by atoms with E-state index in [1.807, 2.05) is 48.4 Å². The second kappa shape index (κ2) is 7.25. The first-order valence-corrected chi connectivity index (χ1v) is 10.4. The summed E-state index contributed by atoms with van der Waals surface area (Å²) in [6, 6.07) is 9.47. The largest absolute Gasteiger partial charge is 0.333 e. The fourth-order valence-corrected chi connectivity index (χ4v) is 4.68. The lowest BCUT2D eigenvalue weighted by Gasteiger charge is -2.26. The molecule has 2 aromatic heterocycles. The summed E-state index contributed by atoms with van der Waals surface area (Å²) in [6.07, 6.45) is 0.706. The highest BCUT2D eigenvalue weighted by Gasteiger charge is 2.25. The topological polar surface area (TPSA) is 62.3 Å². The first-order valence-electron chi connectivity index (χ1n) is 8.71. The van der Waals surface area contributed by atoms with Crippen molar-refractivity contribution in [2.24, 2.45) is 0 Å². The highest BCUT2D eigenvalue weighted by Crippen LogP contribution is 2.29. The van der Waals surface area contributed by atoms with Crippen LogP contribution in [-0.4, -0.2) is 28.2 Å². The number of fused-ring (bicyclic) bond motifs is 1. The standard InChI is InChI=1S/C20H19N3O2S2/c1-12-5-6-14(10-13(12)2)19(25)23-8-7-15-17(11-23)27-20(21-15)22-18(24)16-4-3-9-26-16/h3-6,9-10H,7-8,11H2,1-2H3,(H,21,22,24). The number of rotatable bonds is 3. The van der Waals surface area contributed by atoms with Gasteiger partial charge in [-0.25, -0.2) is 4.98 Å². The van der Waals surface area contributed by atoms with E-state index >= 15 is 0 Å². The van der Waals surface area contributed by atoms with Crippen molar-refractivity contribution in [2.75, 3.05) is 11.9 Å². The lowest BCUT2D eigenvalue weighted by Crippen LogP contribution is -2.35. The van der Waals surface area contributed by atoms with Crippen LogP contribution in [0, 0.1) is 13.8 Å². The molecule has 4 rings (SSSR count).